The van der Waals surface area contributed by atoms with Gasteiger partial charge in [0, 0.05) is 56.9 Å². The number of likely N-dealkylation sites (tertiary alicyclic amines) is 1. The van der Waals surface area contributed by atoms with Crippen molar-refractivity contribution in [3.8, 4) is 0 Å². The van der Waals surface area contributed by atoms with E-state index in [1.807, 2.05) is 23.1 Å². The number of pyridine rings is 1. The van der Waals surface area contributed by atoms with Gasteiger partial charge in [-0.2, -0.15) is 13.2 Å². The van der Waals surface area contributed by atoms with E-state index in [1.54, 1.807) is 24.8 Å². The zero-order valence-electron chi connectivity index (χ0n) is 15.2. The first-order chi connectivity index (χ1) is 13.8. The lowest BCUT2D eigenvalue weighted by Gasteiger charge is -2.21. The van der Waals surface area contributed by atoms with Crippen molar-refractivity contribution in [2.45, 2.75) is 12.7 Å². The summed E-state index contributed by atoms with van der Waals surface area (Å²) in [6.07, 6.45) is 1.94. The summed E-state index contributed by atoms with van der Waals surface area (Å²) >= 11 is 0. The van der Waals surface area contributed by atoms with E-state index < -0.39 is 12.1 Å². The van der Waals surface area contributed by atoms with Crippen molar-refractivity contribution < 1.29 is 27.9 Å². The molecule has 2 saturated heterocycles. The fourth-order valence-electron chi connectivity index (χ4n) is 3.41. The van der Waals surface area contributed by atoms with Crippen LogP contribution in [0.1, 0.15) is 5.56 Å². The van der Waals surface area contributed by atoms with Crippen LogP contribution in [0.5, 0.6) is 0 Å². The van der Waals surface area contributed by atoms with Crippen molar-refractivity contribution >= 4 is 17.8 Å². The van der Waals surface area contributed by atoms with Crippen LogP contribution in [0.3, 0.4) is 0 Å². The number of rotatable bonds is 3. The molecule has 0 bridgehead atoms. The van der Waals surface area contributed by atoms with Crippen LogP contribution < -0.4 is 4.90 Å². The second-order valence-corrected chi connectivity index (χ2v) is 6.70. The van der Waals surface area contributed by atoms with Crippen LogP contribution in [0, 0.1) is 11.8 Å². The third-order valence-electron chi connectivity index (χ3n) is 4.73. The minimum atomic E-state index is -5.08. The molecule has 0 aliphatic carbocycles. The Kier molecular flexibility index (Phi) is 5.95. The average molecular weight is 409 g/mol. The summed E-state index contributed by atoms with van der Waals surface area (Å²) in [5, 5.41) is 7.12. The molecule has 2 aliphatic heterocycles. The molecule has 4 rings (SSSR count). The fourth-order valence-corrected chi connectivity index (χ4v) is 3.41. The molecule has 2 aromatic rings. The van der Waals surface area contributed by atoms with Gasteiger partial charge in [-0.25, -0.2) is 14.8 Å². The number of hydrogen-bond donors (Lipinski definition) is 1. The number of alkyl halides is 3. The van der Waals surface area contributed by atoms with Crippen molar-refractivity contribution in [3.05, 3.63) is 48.5 Å². The summed E-state index contributed by atoms with van der Waals surface area (Å²) in [6.45, 7) is 3.07. The minimum absolute atomic E-state index is 0.0747. The number of anilines is 1. The predicted octanol–water partition coefficient (Wildman–Crippen LogP) is 1.60. The highest BCUT2D eigenvalue weighted by molar-refractivity contribution is 5.83. The molecule has 154 valence electrons. The first-order valence-corrected chi connectivity index (χ1v) is 8.75. The van der Waals surface area contributed by atoms with E-state index in [9.17, 15) is 18.0 Å². The average Bonchev–Trinajstić information content (AvgIpc) is 3.23. The number of carbonyl (C=O) groups excluding carboxylic acids is 1. The van der Waals surface area contributed by atoms with Gasteiger partial charge in [-0.15, -0.1) is 0 Å². The molecule has 8 nitrogen and oxygen atoms in total. The summed E-state index contributed by atoms with van der Waals surface area (Å²) in [6, 6.07) is 5.74. The zero-order chi connectivity index (χ0) is 21.0. The molecular weight excluding hydrogens is 391 g/mol. The summed E-state index contributed by atoms with van der Waals surface area (Å²) in [5.74, 6) is -1.33. The van der Waals surface area contributed by atoms with E-state index in [0.29, 0.717) is 12.5 Å². The minimum Gasteiger partial charge on any atom is -0.475 e. The van der Waals surface area contributed by atoms with Crippen molar-refractivity contribution in [3.63, 3.8) is 0 Å². The topological polar surface area (TPSA) is 99.5 Å². The molecule has 1 N–H and O–H groups in total. The molecule has 11 heteroatoms. The number of carbonyl (C=O) groups is 2. The summed E-state index contributed by atoms with van der Waals surface area (Å²) < 4.78 is 31.7. The van der Waals surface area contributed by atoms with Crippen molar-refractivity contribution in [2.75, 3.05) is 24.5 Å². The highest BCUT2D eigenvalue weighted by Gasteiger charge is 2.46. The van der Waals surface area contributed by atoms with Gasteiger partial charge in [0.15, 0.2) is 0 Å². The lowest BCUT2D eigenvalue weighted by Crippen LogP contribution is -2.33. The van der Waals surface area contributed by atoms with Gasteiger partial charge in [0.05, 0.1) is 5.92 Å². The molecule has 0 saturated carbocycles. The van der Waals surface area contributed by atoms with Crippen LogP contribution in [0.4, 0.5) is 19.1 Å². The molecule has 0 unspecified atom stereocenters. The largest absolute Gasteiger partial charge is 0.490 e. The molecule has 2 aromatic heterocycles. The Bertz CT molecular complexity index is 851. The number of carboxylic acids is 1. The number of aromatic nitrogens is 3. The molecular formula is C18H18F3N5O3. The lowest BCUT2D eigenvalue weighted by molar-refractivity contribution is -0.192. The number of amides is 1. The smallest absolute Gasteiger partial charge is 0.475 e. The summed E-state index contributed by atoms with van der Waals surface area (Å²) in [5.41, 5.74) is 1.13. The third-order valence-corrected chi connectivity index (χ3v) is 4.73. The SMILES string of the molecule is O=C(O)C(F)(F)F.O=C1[C@H]2CN(c3ncccn3)C[C@H]2CN1Cc1ccncc1. The number of hydrogen-bond acceptors (Lipinski definition) is 6. The highest BCUT2D eigenvalue weighted by atomic mass is 19.4. The van der Waals surface area contributed by atoms with E-state index in [-0.39, 0.29) is 11.8 Å². The molecule has 4 heterocycles. The van der Waals surface area contributed by atoms with Crippen LogP contribution in [-0.2, 0) is 16.1 Å². The zero-order valence-corrected chi connectivity index (χ0v) is 15.2. The molecule has 2 aliphatic rings. The predicted molar refractivity (Wildman–Crippen MR) is 94.6 cm³/mol. The van der Waals surface area contributed by atoms with Crippen LogP contribution >= 0.6 is 0 Å². The third kappa shape index (κ3) is 4.98. The molecule has 1 amide bonds. The molecule has 0 aromatic carbocycles. The first-order valence-electron chi connectivity index (χ1n) is 8.75. The van der Waals surface area contributed by atoms with Gasteiger partial charge in [-0.3, -0.25) is 9.78 Å². The molecule has 2 fully saturated rings. The maximum absolute atomic E-state index is 12.6. The normalized spacial score (nSPS) is 20.9. The number of nitrogens with zero attached hydrogens (tertiary/aromatic N) is 5. The van der Waals surface area contributed by atoms with Crippen LogP contribution in [0.15, 0.2) is 43.0 Å². The molecule has 29 heavy (non-hydrogen) atoms. The van der Waals surface area contributed by atoms with Crippen LogP contribution in [0.25, 0.3) is 0 Å². The van der Waals surface area contributed by atoms with Gasteiger partial charge in [0.1, 0.15) is 0 Å². The van der Waals surface area contributed by atoms with Gasteiger partial charge in [-0.1, -0.05) is 0 Å². The Morgan fingerprint density at radius 3 is 2.28 bits per heavy atom. The fraction of sp³-hybridized carbons (Fsp3) is 0.389. The van der Waals surface area contributed by atoms with Gasteiger partial charge in [0.2, 0.25) is 11.9 Å². The van der Waals surface area contributed by atoms with Crippen molar-refractivity contribution in [1.29, 1.82) is 0 Å². The Labute approximate surface area is 164 Å². The van der Waals surface area contributed by atoms with E-state index in [4.69, 9.17) is 9.90 Å². The van der Waals surface area contributed by atoms with E-state index >= 15 is 0 Å². The number of fused-ring (bicyclic) bond motifs is 1. The Hall–Kier alpha value is -3.24. The lowest BCUT2D eigenvalue weighted by atomic mass is 10.0. The van der Waals surface area contributed by atoms with Gasteiger partial charge >= 0.3 is 12.1 Å². The second-order valence-electron chi connectivity index (χ2n) is 6.70. The van der Waals surface area contributed by atoms with Crippen molar-refractivity contribution in [2.24, 2.45) is 11.8 Å². The Balaban J connectivity index is 0.000000298. The maximum atomic E-state index is 12.6. The summed E-state index contributed by atoms with van der Waals surface area (Å²) in [4.78, 5) is 38.2. The second kappa shape index (κ2) is 8.41. The van der Waals surface area contributed by atoms with Crippen molar-refractivity contribution in [1.82, 2.24) is 19.9 Å². The van der Waals surface area contributed by atoms with Gasteiger partial charge in [-0.05, 0) is 23.8 Å². The monoisotopic (exact) mass is 409 g/mol. The molecule has 2 atom stereocenters. The molecule has 0 radical (unpaired) electrons. The van der Waals surface area contributed by atoms with E-state index in [2.05, 4.69) is 19.9 Å². The van der Waals surface area contributed by atoms with E-state index in [0.717, 1.165) is 31.1 Å². The summed E-state index contributed by atoms with van der Waals surface area (Å²) in [7, 11) is 0. The first kappa shape index (κ1) is 20.5. The Morgan fingerprint density at radius 2 is 1.72 bits per heavy atom. The number of carboxylic acid groups (broad SMARTS) is 1. The maximum Gasteiger partial charge on any atom is 0.490 e. The quantitative estimate of drug-likeness (QED) is 0.822. The number of aliphatic carboxylic acids is 1. The highest BCUT2D eigenvalue weighted by Crippen LogP contribution is 2.34. The number of halogens is 3. The van der Waals surface area contributed by atoms with E-state index in [1.165, 1.54) is 0 Å². The van der Waals surface area contributed by atoms with Gasteiger partial charge < -0.3 is 14.9 Å². The standard InChI is InChI=1S/C16H17N5O.C2HF3O2/c22-15-14-11-21(16-18-4-1-5-19-16)10-13(14)9-20(15)8-12-2-6-17-7-3-12;3-2(4,5)1(6)7/h1-7,13-14H,8-11H2;(H,6,7)/t13-,14+;/m1./s1. The van der Waals surface area contributed by atoms with Gasteiger partial charge in [0.25, 0.3) is 0 Å². The molecule has 0 spiro atoms. The Morgan fingerprint density at radius 1 is 1.10 bits per heavy atom. The van der Waals surface area contributed by atoms with Crippen LogP contribution in [0.2, 0.25) is 0 Å². The van der Waals surface area contributed by atoms with Crippen LogP contribution in [-0.4, -0.2) is 62.6 Å².